The first-order chi connectivity index (χ1) is 14.4. The van der Waals surface area contributed by atoms with Crippen LogP contribution in [0.2, 0.25) is 0 Å². The Kier molecular flexibility index (Phi) is 9.00. The summed E-state index contributed by atoms with van der Waals surface area (Å²) in [6.07, 6.45) is 0.00243. The number of alkyl carbamates (subject to hydrolysis) is 1. The largest absolute Gasteiger partial charge is 0.493 e. The molecule has 0 radical (unpaired) electrons. The molecular formula is C23H30N2O5. The highest BCUT2D eigenvalue weighted by Crippen LogP contribution is 2.27. The zero-order valence-electron chi connectivity index (χ0n) is 17.9. The Bertz CT molecular complexity index is 824. The Morgan fingerprint density at radius 2 is 1.63 bits per heavy atom. The third-order valence-electron chi connectivity index (χ3n) is 4.60. The molecule has 7 nitrogen and oxygen atoms in total. The van der Waals surface area contributed by atoms with Crippen LogP contribution in [0.1, 0.15) is 25.0 Å². The van der Waals surface area contributed by atoms with Crippen molar-refractivity contribution in [3.63, 3.8) is 0 Å². The highest BCUT2D eigenvalue weighted by atomic mass is 16.5. The monoisotopic (exact) mass is 414 g/mol. The minimum atomic E-state index is -0.682. The van der Waals surface area contributed by atoms with Gasteiger partial charge < -0.3 is 24.8 Å². The highest BCUT2D eigenvalue weighted by Gasteiger charge is 2.24. The van der Waals surface area contributed by atoms with Gasteiger partial charge in [-0.2, -0.15) is 0 Å². The van der Waals surface area contributed by atoms with Gasteiger partial charge in [0, 0.05) is 6.54 Å². The summed E-state index contributed by atoms with van der Waals surface area (Å²) in [5, 5.41) is 5.54. The third kappa shape index (κ3) is 6.99. The molecule has 0 aromatic heterocycles. The zero-order chi connectivity index (χ0) is 21.9. The van der Waals surface area contributed by atoms with E-state index < -0.39 is 12.1 Å². The third-order valence-corrected chi connectivity index (χ3v) is 4.60. The fourth-order valence-electron chi connectivity index (χ4n) is 2.90. The van der Waals surface area contributed by atoms with Crippen LogP contribution in [0, 0.1) is 5.92 Å². The maximum absolute atomic E-state index is 12.6. The lowest BCUT2D eigenvalue weighted by molar-refractivity contribution is -0.124. The molecule has 1 atom stereocenters. The summed E-state index contributed by atoms with van der Waals surface area (Å²) in [5.41, 5.74) is 1.89. The van der Waals surface area contributed by atoms with E-state index in [0.29, 0.717) is 24.5 Å². The summed E-state index contributed by atoms with van der Waals surface area (Å²) in [6, 6.07) is 14.3. The summed E-state index contributed by atoms with van der Waals surface area (Å²) in [6.45, 7) is 4.32. The first kappa shape index (κ1) is 23.1. The number of nitrogens with one attached hydrogen (secondary N) is 2. The number of hydrogen-bond donors (Lipinski definition) is 2. The van der Waals surface area contributed by atoms with Crippen molar-refractivity contribution in [3.8, 4) is 11.5 Å². The van der Waals surface area contributed by atoms with Crippen molar-refractivity contribution in [1.82, 2.24) is 10.6 Å². The van der Waals surface area contributed by atoms with Gasteiger partial charge in [0.2, 0.25) is 5.91 Å². The molecule has 7 heteroatoms. The predicted octanol–water partition coefficient (Wildman–Crippen LogP) is 3.31. The molecule has 162 valence electrons. The van der Waals surface area contributed by atoms with Gasteiger partial charge in [0.15, 0.2) is 11.5 Å². The number of rotatable bonds is 10. The van der Waals surface area contributed by atoms with Gasteiger partial charge >= 0.3 is 6.09 Å². The molecule has 0 aliphatic heterocycles. The quantitative estimate of drug-likeness (QED) is 0.623. The van der Waals surface area contributed by atoms with Gasteiger partial charge in [0.25, 0.3) is 0 Å². The molecule has 2 N–H and O–H groups in total. The van der Waals surface area contributed by atoms with Crippen LogP contribution in [0.15, 0.2) is 48.5 Å². The van der Waals surface area contributed by atoms with Crippen molar-refractivity contribution >= 4 is 12.0 Å². The highest BCUT2D eigenvalue weighted by molar-refractivity contribution is 5.85. The topological polar surface area (TPSA) is 85.9 Å². The van der Waals surface area contributed by atoms with Crippen molar-refractivity contribution in [1.29, 1.82) is 0 Å². The Morgan fingerprint density at radius 3 is 2.27 bits per heavy atom. The molecule has 0 unspecified atom stereocenters. The van der Waals surface area contributed by atoms with Gasteiger partial charge in [-0.15, -0.1) is 0 Å². The van der Waals surface area contributed by atoms with Crippen molar-refractivity contribution in [2.45, 2.75) is 32.9 Å². The van der Waals surface area contributed by atoms with Crippen LogP contribution in [-0.2, 0) is 22.6 Å². The number of amides is 2. The molecule has 0 aliphatic carbocycles. The van der Waals surface area contributed by atoms with Gasteiger partial charge in [-0.25, -0.2) is 4.79 Å². The summed E-state index contributed by atoms with van der Waals surface area (Å²) in [4.78, 5) is 24.7. The van der Waals surface area contributed by atoms with E-state index in [1.807, 2.05) is 62.4 Å². The second-order valence-corrected chi connectivity index (χ2v) is 7.16. The molecule has 2 rings (SSSR count). The first-order valence-electron chi connectivity index (χ1n) is 9.90. The maximum atomic E-state index is 12.6. The Morgan fingerprint density at radius 1 is 0.933 bits per heavy atom. The first-order valence-corrected chi connectivity index (χ1v) is 9.90. The number of hydrogen-bond acceptors (Lipinski definition) is 5. The summed E-state index contributed by atoms with van der Waals surface area (Å²) in [7, 11) is 3.17. The molecule has 0 saturated carbocycles. The lowest BCUT2D eigenvalue weighted by atomic mass is 10.0. The van der Waals surface area contributed by atoms with Gasteiger partial charge in [0.05, 0.1) is 14.2 Å². The molecule has 2 amide bonds. The summed E-state index contributed by atoms with van der Waals surface area (Å²) >= 11 is 0. The van der Waals surface area contributed by atoms with Crippen LogP contribution in [0.5, 0.6) is 11.5 Å². The standard InChI is InChI=1S/C23H30N2O5/c1-16(2)21(25-23(27)30-15-18-8-6-5-7-9-18)22(26)24-13-12-17-10-11-19(28-3)20(14-17)29-4/h5-11,14,16,21H,12-13,15H2,1-4H3,(H,24,26)(H,25,27)/t21-/m1/s1. The van der Waals surface area contributed by atoms with Crippen molar-refractivity contribution in [2.75, 3.05) is 20.8 Å². The predicted molar refractivity (Wildman–Crippen MR) is 115 cm³/mol. The number of carbonyl (C=O) groups is 2. The number of ether oxygens (including phenoxy) is 3. The van der Waals surface area contributed by atoms with E-state index in [1.54, 1.807) is 14.2 Å². The maximum Gasteiger partial charge on any atom is 0.408 e. The summed E-state index contributed by atoms with van der Waals surface area (Å²) < 4.78 is 15.8. The average Bonchev–Trinajstić information content (AvgIpc) is 2.76. The molecule has 30 heavy (non-hydrogen) atoms. The van der Waals surface area contributed by atoms with Crippen LogP contribution >= 0.6 is 0 Å². The van der Waals surface area contributed by atoms with Crippen molar-refractivity contribution in [2.24, 2.45) is 5.92 Å². The second-order valence-electron chi connectivity index (χ2n) is 7.16. The Hall–Kier alpha value is -3.22. The van der Waals surface area contributed by atoms with E-state index >= 15 is 0 Å². The van der Waals surface area contributed by atoms with Crippen LogP contribution in [-0.4, -0.2) is 38.8 Å². The van der Waals surface area contributed by atoms with E-state index in [9.17, 15) is 9.59 Å². The lowest BCUT2D eigenvalue weighted by Crippen LogP contribution is -2.50. The molecule has 0 saturated heterocycles. The van der Waals surface area contributed by atoms with E-state index in [-0.39, 0.29) is 18.4 Å². The van der Waals surface area contributed by atoms with E-state index in [0.717, 1.165) is 11.1 Å². The molecule has 2 aromatic carbocycles. The van der Waals surface area contributed by atoms with Gasteiger partial charge in [-0.05, 0) is 35.6 Å². The van der Waals surface area contributed by atoms with Gasteiger partial charge in [0.1, 0.15) is 12.6 Å². The van der Waals surface area contributed by atoms with E-state index in [1.165, 1.54) is 0 Å². The number of carbonyl (C=O) groups excluding carboxylic acids is 2. The average molecular weight is 415 g/mol. The van der Waals surface area contributed by atoms with E-state index in [2.05, 4.69) is 10.6 Å². The Balaban J connectivity index is 1.84. The SMILES string of the molecule is COc1ccc(CCNC(=O)[C@H](NC(=O)OCc2ccccc2)C(C)C)cc1OC. The fraction of sp³-hybridized carbons (Fsp3) is 0.391. The van der Waals surface area contributed by atoms with Crippen LogP contribution in [0.25, 0.3) is 0 Å². The van der Waals surface area contributed by atoms with Crippen molar-refractivity contribution < 1.29 is 23.8 Å². The number of benzene rings is 2. The van der Waals surface area contributed by atoms with Gasteiger partial charge in [-0.1, -0.05) is 50.2 Å². The van der Waals surface area contributed by atoms with Crippen molar-refractivity contribution in [3.05, 3.63) is 59.7 Å². The minimum Gasteiger partial charge on any atom is -0.493 e. The normalized spacial score (nSPS) is 11.5. The molecule has 0 aliphatic rings. The molecule has 2 aromatic rings. The molecule has 0 bridgehead atoms. The zero-order valence-corrected chi connectivity index (χ0v) is 17.9. The smallest absolute Gasteiger partial charge is 0.408 e. The van der Waals surface area contributed by atoms with E-state index in [4.69, 9.17) is 14.2 Å². The van der Waals surface area contributed by atoms with Crippen LogP contribution in [0.4, 0.5) is 4.79 Å². The van der Waals surface area contributed by atoms with Gasteiger partial charge in [-0.3, -0.25) is 4.79 Å². The lowest BCUT2D eigenvalue weighted by Gasteiger charge is -2.21. The minimum absolute atomic E-state index is 0.0876. The fourth-order valence-corrected chi connectivity index (χ4v) is 2.90. The molecular weight excluding hydrogens is 384 g/mol. The second kappa shape index (κ2) is 11.7. The summed E-state index contributed by atoms with van der Waals surface area (Å²) in [5.74, 6) is 0.963. The molecule has 0 heterocycles. The molecule has 0 spiro atoms. The Labute approximate surface area is 177 Å². The molecule has 0 fully saturated rings. The van der Waals surface area contributed by atoms with Crippen LogP contribution in [0.3, 0.4) is 0 Å². The van der Waals surface area contributed by atoms with Crippen LogP contribution < -0.4 is 20.1 Å². The number of methoxy groups -OCH3 is 2.